The zero-order valence-corrected chi connectivity index (χ0v) is 12.5. The Bertz CT molecular complexity index is 434. The molecule has 17 heavy (non-hydrogen) atoms. The molecule has 1 rings (SSSR count). The van der Waals surface area contributed by atoms with Gasteiger partial charge in [0.05, 0.1) is 5.60 Å². The zero-order chi connectivity index (χ0) is 13.6. The van der Waals surface area contributed by atoms with Crippen molar-refractivity contribution in [1.29, 1.82) is 0 Å². The van der Waals surface area contributed by atoms with Crippen molar-refractivity contribution in [3.8, 4) is 0 Å². The predicted molar refractivity (Wildman–Crippen MR) is 74.7 cm³/mol. The normalized spacial score (nSPS) is 13.0. The van der Waals surface area contributed by atoms with Gasteiger partial charge in [-0.3, -0.25) is 0 Å². The second-order valence-electron chi connectivity index (χ2n) is 6.30. The molecule has 0 aliphatic heterocycles. The minimum Gasteiger partial charge on any atom is -0.390 e. The van der Waals surface area contributed by atoms with E-state index in [9.17, 15) is 5.11 Å². The van der Waals surface area contributed by atoms with Gasteiger partial charge in [0.25, 0.3) is 0 Å². The van der Waals surface area contributed by atoms with Crippen molar-refractivity contribution >= 4 is 0 Å². The third kappa shape index (κ3) is 2.26. The Hall–Kier alpha value is -0.820. The summed E-state index contributed by atoms with van der Waals surface area (Å²) in [6.07, 6.45) is 0. The molecule has 96 valence electrons. The summed E-state index contributed by atoms with van der Waals surface area (Å²) in [5.41, 5.74) is 5.59. The fraction of sp³-hybridized carbons (Fsp3) is 0.625. The van der Waals surface area contributed by atoms with E-state index >= 15 is 0 Å². The lowest BCUT2D eigenvalue weighted by molar-refractivity contribution is 0.00931. The van der Waals surface area contributed by atoms with E-state index in [1.54, 1.807) is 0 Å². The lowest BCUT2D eigenvalue weighted by Crippen LogP contribution is -2.43. The quantitative estimate of drug-likeness (QED) is 0.821. The maximum atomic E-state index is 10.4. The van der Waals surface area contributed by atoms with Crippen LogP contribution in [-0.4, -0.2) is 10.7 Å². The average molecular weight is 234 g/mol. The topological polar surface area (TPSA) is 20.2 Å². The van der Waals surface area contributed by atoms with Crippen LogP contribution >= 0.6 is 0 Å². The maximum absolute atomic E-state index is 10.4. The van der Waals surface area contributed by atoms with E-state index in [0.717, 1.165) is 0 Å². The Labute approximate surface area is 106 Å². The molecule has 0 spiro atoms. The molecule has 0 bridgehead atoms. The van der Waals surface area contributed by atoms with Gasteiger partial charge in [0.15, 0.2) is 0 Å². The molecule has 0 atom stereocenters. The minimum absolute atomic E-state index is 0.250. The van der Waals surface area contributed by atoms with E-state index in [0.29, 0.717) is 0 Å². The van der Waals surface area contributed by atoms with Crippen molar-refractivity contribution < 1.29 is 5.11 Å². The molecule has 1 aromatic rings. The molecule has 0 aliphatic carbocycles. The van der Waals surface area contributed by atoms with Crippen LogP contribution in [0.25, 0.3) is 0 Å². The summed E-state index contributed by atoms with van der Waals surface area (Å²) in [5, 5.41) is 10.4. The van der Waals surface area contributed by atoms with Gasteiger partial charge in [0.2, 0.25) is 0 Å². The van der Waals surface area contributed by atoms with Crippen molar-refractivity contribution in [3.63, 3.8) is 0 Å². The largest absolute Gasteiger partial charge is 0.390 e. The number of aryl methyl sites for hydroxylation is 1. The van der Waals surface area contributed by atoms with Crippen LogP contribution in [0, 0.1) is 27.7 Å². The smallest absolute Gasteiger partial charge is 0.0682 e. The van der Waals surface area contributed by atoms with E-state index in [1.807, 2.05) is 13.8 Å². The molecule has 0 fully saturated rings. The van der Waals surface area contributed by atoms with Crippen molar-refractivity contribution in [3.05, 3.63) is 33.9 Å². The summed E-state index contributed by atoms with van der Waals surface area (Å²) >= 11 is 0. The van der Waals surface area contributed by atoms with Gasteiger partial charge in [-0.05, 0) is 69.4 Å². The van der Waals surface area contributed by atoms with Gasteiger partial charge in [0.1, 0.15) is 0 Å². The van der Waals surface area contributed by atoms with E-state index < -0.39 is 5.60 Å². The average Bonchev–Trinajstić information content (AvgIpc) is 2.18. The van der Waals surface area contributed by atoms with Crippen molar-refractivity contribution in [2.45, 2.75) is 66.4 Å². The summed E-state index contributed by atoms with van der Waals surface area (Å²) in [5.74, 6) is 0. The predicted octanol–water partition coefficient (Wildman–Crippen LogP) is 3.97. The summed E-state index contributed by atoms with van der Waals surface area (Å²) in [4.78, 5) is 0. The number of benzene rings is 1. The van der Waals surface area contributed by atoms with Gasteiger partial charge in [0, 0.05) is 5.41 Å². The molecule has 1 aromatic carbocycles. The minimum atomic E-state index is -0.730. The Morgan fingerprint density at radius 1 is 0.824 bits per heavy atom. The number of hydrogen-bond acceptors (Lipinski definition) is 1. The number of rotatable bonds is 2. The standard InChI is InChI=1S/C16H26O/c1-10-9-14(13(4)12(3)11(10)2)15(5,6)16(7,8)17/h9,17H,1-8H3. The van der Waals surface area contributed by atoms with E-state index in [1.165, 1.54) is 27.8 Å². The molecule has 1 nitrogen and oxygen atoms in total. The van der Waals surface area contributed by atoms with Crippen LogP contribution in [0.4, 0.5) is 0 Å². The van der Waals surface area contributed by atoms with Gasteiger partial charge < -0.3 is 5.11 Å². The summed E-state index contributed by atoms with van der Waals surface area (Å²) in [6.45, 7) is 16.6. The van der Waals surface area contributed by atoms with Gasteiger partial charge in [-0.25, -0.2) is 0 Å². The first-order valence-corrected chi connectivity index (χ1v) is 6.30. The van der Waals surface area contributed by atoms with Gasteiger partial charge >= 0.3 is 0 Å². The molecule has 1 heteroatoms. The van der Waals surface area contributed by atoms with Crippen LogP contribution in [-0.2, 0) is 5.41 Å². The molecule has 0 unspecified atom stereocenters. The van der Waals surface area contributed by atoms with Gasteiger partial charge in [-0.2, -0.15) is 0 Å². The lowest BCUT2D eigenvalue weighted by Gasteiger charge is -2.39. The van der Waals surface area contributed by atoms with Gasteiger partial charge in [-0.15, -0.1) is 0 Å². The second kappa shape index (κ2) is 4.13. The first-order valence-electron chi connectivity index (χ1n) is 6.30. The van der Waals surface area contributed by atoms with Crippen molar-refractivity contribution in [2.24, 2.45) is 0 Å². The maximum Gasteiger partial charge on any atom is 0.0682 e. The van der Waals surface area contributed by atoms with Crippen molar-refractivity contribution in [1.82, 2.24) is 0 Å². The molecule has 0 heterocycles. The fourth-order valence-corrected chi connectivity index (χ4v) is 2.19. The highest BCUT2D eigenvalue weighted by atomic mass is 16.3. The Kier molecular flexibility index (Phi) is 3.46. The van der Waals surface area contributed by atoms with E-state index in [-0.39, 0.29) is 5.41 Å². The Morgan fingerprint density at radius 2 is 1.29 bits per heavy atom. The van der Waals surface area contributed by atoms with Crippen LogP contribution in [0.15, 0.2) is 6.07 Å². The highest BCUT2D eigenvalue weighted by Crippen LogP contribution is 2.38. The molecule has 0 amide bonds. The molecule has 0 saturated heterocycles. The molecular formula is C16H26O. The Balaban J connectivity index is 3.54. The van der Waals surface area contributed by atoms with Crippen molar-refractivity contribution in [2.75, 3.05) is 0 Å². The van der Waals surface area contributed by atoms with Gasteiger partial charge in [-0.1, -0.05) is 19.9 Å². The first-order chi connectivity index (χ1) is 7.50. The third-order valence-corrected chi connectivity index (χ3v) is 4.68. The van der Waals surface area contributed by atoms with Crippen LogP contribution in [0.3, 0.4) is 0 Å². The van der Waals surface area contributed by atoms with E-state index in [4.69, 9.17) is 0 Å². The molecule has 0 saturated carbocycles. The summed E-state index contributed by atoms with van der Waals surface area (Å²) in [7, 11) is 0. The second-order valence-corrected chi connectivity index (χ2v) is 6.30. The molecule has 1 N–H and O–H groups in total. The summed E-state index contributed by atoms with van der Waals surface area (Å²) < 4.78 is 0. The van der Waals surface area contributed by atoms with Crippen LogP contribution in [0.2, 0.25) is 0 Å². The van der Waals surface area contributed by atoms with Crippen LogP contribution < -0.4 is 0 Å². The molecule has 0 aromatic heterocycles. The number of hydrogen-bond donors (Lipinski definition) is 1. The molecule has 0 radical (unpaired) electrons. The SMILES string of the molecule is Cc1cc(C(C)(C)C(C)(C)O)c(C)c(C)c1C. The highest BCUT2D eigenvalue weighted by molar-refractivity contribution is 5.47. The highest BCUT2D eigenvalue weighted by Gasteiger charge is 2.38. The summed E-state index contributed by atoms with van der Waals surface area (Å²) in [6, 6.07) is 2.23. The van der Waals surface area contributed by atoms with E-state index in [2.05, 4.69) is 47.6 Å². The first kappa shape index (κ1) is 14.2. The van der Waals surface area contributed by atoms with Crippen LogP contribution in [0.1, 0.15) is 55.5 Å². The zero-order valence-electron chi connectivity index (χ0n) is 12.5. The fourth-order valence-electron chi connectivity index (χ4n) is 2.19. The Morgan fingerprint density at radius 3 is 1.71 bits per heavy atom. The van der Waals surface area contributed by atoms with Crippen LogP contribution in [0.5, 0.6) is 0 Å². The lowest BCUT2D eigenvalue weighted by atomic mass is 9.69. The molecular weight excluding hydrogens is 208 g/mol. The third-order valence-electron chi connectivity index (χ3n) is 4.68. The molecule has 0 aliphatic rings. The number of aliphatic hydroxyl groups is 1. The monoisotopic (exact) mass is 234 g/mol.